The number of amides is 2. The third kappa shape index (κ3) is 3.39. The fourth-order valence-electron chi connectivity index (χ4n) is 0.971. The van der Waals surface area contributed by atoms with Gasteiger partial charge in [-0.25, -0.2) is 5.48 Å². The molecule has 2 N–H and O–H groups in total. The Morgan fingerprint density at radius 2 is 2.31 bits per heavy atom. The molecule has 1 rings (SSSR count). The van der Waals surface area contributed by atoms with Crippen molar-refractivity contribution in [2.75, 3.05) is 6.61 Å². The maximum Gasteiger partial charge on any atom is 0.265 e. The van der Waals surface area contributed by atoms with Crippen LogP contribution in [0, 0.1) is 0 Å². The van der Waals surface area contributed by atoms with E-state index in [2.05, 4.69) is 10.8 Å². The molecule has 0 saturated carbocycles. The number of hydrogen-bond donors (Lipinski definition) is 2. The molecular weight excluding hydrogens is 212 g/mol. The Bertz CT molecular complexity index is 348. The van der Waals surface area contributed by atoms with Crippen LogP contribution in [0.15, 0.2) is 23.0 Å². The van der Waals surface area contributed by atoms with Gasteiger partial charge >= 0.3 is 0 Å². The maximum absolute atomic E-state index is 11.5. The third-order valence-electron chi connectivity index (χ3n) is 1.84. The topological polar surface area (TPSA) is 80.6 Å². The first-order valence-corrected chi connectivity index (χ1v) is 4.89. The number of rotatable bonds is 5. The lowest BCUT2D eigenvalue weighted by Crippen LogP contribution is -2.44. The molecule has 1 aromatic rings. The van der Waals surface area contributed by atoms with Crippen LogP contribution < -0.4 is 10.8 Å². The summed E-state index contributed by atoms with van der Waals surface area (Å²) < 4.78 is 4.76. The predicted molar refractivity (Wildman–Crippen MR) is 55.4 cm³/mol. The number of carbonyl (C=O) groups excluding carboxylic acids is 2. The van der Waals surface area contributed by atoms with Crippen molar-refractivity contribution < 1.29 is 18.8 Å². The van der Waals surface area contributed by atoms with Crippen LogP contribution in [0.5, 0.6) is 0 Å². The molecule has 0 bridgehead atoms. The summed E-state index contributed by atoms with van der Waals surface area (Å²) in [5, 5.41) is 2.50. The standard InChI is InChI=1S/C10H14N2O4/c1-3-16-12-9(13)7(2)11-10(14)8-4-5-15-6-8/h4-7H,3H2,1-2H3,(H,11,14)(H,12,13). The Kier molecular flexibility index (Phi) is 4.53. The van der Waals surface area contributed by atoms with E-state index in [1.807, 2.05) is 0 Å². The van der Waals surface area contributed by atoms with Crippen molar-refractivity contribution in [3.05, 3.63) is 24.2 Å². The molecule has 0 aliphatic heterocycles. The zero-order valence-corrected chi connectivity index (χ0v) is 9.15. The zero-order chi connectivity index (χ0) is 12.0. The molecule has 0 aromatic carbocycles. The van der Waals surface area contributed by atoms with Gasteiger partial charge in [-0.05, 0) is 19.9 Å². The minimum atomic E-state index is -0.672. The van der Waals surface area contributed by atoms with E-state index in [0.717, 1.165) is 0 Å². The van der Waals surface area contributed by atoms with Gasteiger partial charge in [-0.3, -0.25) is 14.4 Å². The zero-order valence-electron chi connectivity index (χ0n) is 9.15. The van der Waals surface area contributed by atoms with Crippen LogP contribution in [-0.4, -0.2) is 24.5 Å². The predicted octanol–water partition coefficient (Wildman–Crippen LogP) is 0.466. The molecule has 1 atom stereocenters. The molecule has 1 unspecified atom stereocenters. The maximum atomic E-state index is 11.5. The van der Waals surface area contributed by atoms with Crippen molar-refractivity contribution in [3.63, 3.8) is 0 Å². The fraction of sp³-hybridized carbons (Fsp3) is 0.400. The number of hydroxylamine groups is 1. The summed E-state index contributed by atoms with van der Waals surface area (Å²) in [5.41, 5.74) is 2.58. The second kappa shape index (κ2) is 5.92. The lowest BCUT2D eigenvalue weighted by Gasteiger charge is -2.12. The summed E-state index contributed by atoms with van der Waals surface area (Å²) in [7, 11) is 0. The normalized spacial score (nSPS) is 11.9. The van der Waals surface area contributed by atoms with E-state index in [4.69, 9.17) is 9.25 Å². The number of furan rings is 1. The summed E-state index contributed by atoms with van der Waals surface area (Å²) in [4.78, 5) is 27.6. The molecule has 88 valence electrons. The van der Waals surface area contributed by atoms with E-state index in [1.165, 1.54) is 18.6 Å². The van der Waals surface area contributed by atoms with Gasteiger partial charge in [0.15, 0.2) is 0 Å². The Morgan fingerprint density at radius 3 is 2.88 bits per heavy atom. The van der Waals surface area contributed by atoms with Crippen LogP contribution in [0.4, 0.5) is 0 Å². The molecule has 1 heterocycles. The van der Waals surface area contributed by atoms with Crippen molar-refractivity contribution in [2.45, 2.75) is 19.9 Å². The molecule has 0 fully saturated rings. The number of nitrogens with one attached hydrogen (secondary N) is 2. The van der Waals surface area contributed by atoms with Crippen LogP contribution in [0.3, 0.4) is 0 Å². The van der Waals surface area contributed by atoms with E-state index in [1.54, 1.807) is 13.8 Å². The molecule has 0 aliphatic rings. The van der Waals surface area contributed by atoms with Crippen LogP contribution in [0.25, 0.3) is 0 Å². The van der Waals surface area contributed by atoms with E-state index in [9.17, 15) is 9.59 Å². The quantitative estimate of drug-likeness (QED) is 0.715. The van der Waals surface area contributed by atoms with Gasteiger partial charge in [-0.15, -0.1) is 0 Å². The third-order valence-corrected chi connectivity index (χ3v) is 1.84. The minimum absolute atomic E-state index is 0.368. The van der Waals surface area contributed by atoms with Crippen molar-refractivity contribution in [1.29, 1.82) is 0 Å². The fourth-order valence-corrected chi connectivity index (χ4v) is 0.971. The first-order chi connectivity index (χ1) is 7.65. The molecule has 0 radical (unpaired) electrons. The van der Waals surface area contributed by atoms with Crippen molar-refractivity contribution in [2.24, 2.45) is 0 Å². The number of carbonyl (C=O) groups is 2. The van der Waals surface area contributed by atoms with Crippen LogP contribution in [-0.2, 0) is 9.63 Å². The molecule has 6 nitrogen and oxygen atoms in total. The van der Waals surface area contributed by atoms with Gasteiger partial charge in [0, 0.05) is 0 Å². The Labute approximate surface area is 92.9 Å². The van der Waals surface area contributed by atoms with Gasteiger partial charge < -0.3 is 9.73 Å². The highest BCUT2D eigenvalue weighted by atomic mass is 16.6. The number of hydrogen-bond acceptors (Lipinski definition) is 4. The Balaban J connectivity index is 2.42. The molecule has 6 heteroatoms. The molecule has 0 saturated heterocycles. The van der Waals surface area contributed by atoms with Gasteiger partial charge in [-0.2, -0.15) is 0 Å². The monoisotopic (exact) mass is 226 g/mol. The van der Waals surface area contributed by atoms with E-state index in [-0.39, 0.29) is 5.91 Å². The van der Waals surface area contributed by atoms with Crippen molar-refractivity contribution in [1.82, 2.24) is 10.8 Å². The summed E-state index contributed by atoms with van der Waals surface area (Å²) in [6, 6.07) is 0.844. The van der Waals surface area contributed by atoms with Crippen LogP contribution in [0.2, 0.25) is 0 Å². The molecule has 1 aromatic heterocycles. The largest absolute Gasteiger partial charge is 0.472 e. The van der Waals surface area contributed by atoms with Crippen molar-refractivity contribution >= 4 is 11.8 Å². The highest BCUT2D eigenvalue weighted by Crippen LogP contribution is 1.99. The van der Waals surface area contributed by atoms with E-state index >= 15 is 0 Å². The van der Waals surface area contributed by atoms with E-state index in [0.29, 0.717) is 12.2 Å². The molecule has 0 spiro atoms. The van der Waals surface area contributed by atoms with Crippen molar-refractivity contribution in [3.8, 4) is 0 Å². The summed E-state index contributed by atoms with van der Waals surface area (Å²) in [6.45, 7) is 3.68. The molecular formula is C10H14N2O4. The second-order valence-corrected chi connectivity index (χ2v) is 3.11. The van der Waals surface area contributed by atoms with Gasteiger partial charge in [-0.1, -0.05) is 0 Å². The minimum Gasteiger partial charge on any atom is -0.472 e. The summed E-state index contributed by atoms with van der Waals surface area (Å²) in [6.07, 6.45) is 2.70. The SMILES string of the molecule is CCONC(=O)C(C)NC(=O)c1ccoc1. The Morgan fingerprint density at radius 1 is 1.56 bits per heavy atom. The first kappa shape index (κ1) is 12.3. The van der Waals surface area contributed by atoms with Gasteiger partial charge in [0.25, 0.3) is 11.8 Å². The van der Waals surface area contributed by atoms with Gasteiger partial charge in [0.1, 0.15) is 12.3 Å². The van der Waals surface area contributed by atoms with Crippen LogP contribution in [0.1, 0.15) is 24.2 Å². The highest BCUT2D eigenvalue weighted by molar-refractivity contribution is 5.96. The molecule has 2 amide bonds. The average Bonchev–Trinajstić information content (AvgIpc) is 2.79. The second-order valence-electron chi connectivity index (χ2n) is 3.11. The average molecular weight is 226 g/mol. The lowest BCUT2D eigenvalue weighted by molar-refractivity contribution is -0.134. The smallest absolute Gasteiger partial charge is 0.265 e. The Hall–Kier alpha value is -1.82. The van der Waals surface area contributed by atoms with Crippen LogP contribution >= 0.6 is 0 Å². The molecule has 16 heavy (non-hydrogen) atoms. The lowest BCUT2D eigenvalue weighted by atomic mass is 10.2. The van der Waals surface area contributed by atoms with Gasteiger partial charge in [0.2, 0.25) is 0 Å². The van der Waals surface area contributed by atoms with Gasteiger partial charge in [0.05, 0.1) is 18.4 Å². The molecule has 0 aliphatic carbocycles. The first-order valence-electron chi connectivity index (χ1n) is 4.89. The van der Waals surface area contributed by atoms with E-state index < -0.39 is 11.9 Å². The summed E-state index contributed by atoms with van der Waals surface area (Å²) in [5.74, 6) is -0.772. The summed E-state index contributed by atoms with van der Waals surface area (Å²) >= 11 is 0. The highest BCUT2D eigenvalue weighted by Gasteiger charge is 2.16.